The van der Waals surface area contributed by atoms with Crippen LogP contribution in [-0.4, -0.2) is 33.2 Å². The van der Waals surface area contributed by atoms with Crippen LogP contribution in [0.15, 0.2) is 38.0 Å². The Labute approximate surface area is 116 Å². The summed E-state index contributed by atoms with van der Waals surface area (Å²) in [5, 5.41) is 28.3. The maximum absolute atomic E-state index is 11.7. The molecule has 0 saturated heterocycles. The van der Waals surface area contributed by atoms with Gasteiger partial charge in [-0.2, -0.15) is 0 Å². The molecule has 0 amide bonds. The van der Waals surface area contributed by atoms with Crippen LogP contribution < -0.4 is 0 Å². The minimum absolute atomic E-state index is 0.319. The Morgan fingerprint density at radius 2 is 1.10 bits per heavy atom. The molecule has 0 heterocycles. The van der Waals surface area contributed by atoms with Crippen molar-refractivity contribution < 1.29 is 29.7 Å². The third-order valence-electron chi connectivity index (χ3n) is 3.39. The van der Waals surface area contributed by atoms with E-state index in [4.69, 9.17) is 0 Å². The van der Waals surface area contributed by atoms with E-state index in [9.17, 15) is 29.7 Å². The molecule has 0 atom stereocenters. The first-order valence-electron chi connectivity index (χ1n) is 5.79. The highest BCUT2D eigenvalue weighted by atomic mass is 16.4. The Hall–Kier alpha value is -2.37. The fraction of sp³-hybridized carbons (Fsp3) is 0.357. The molecule has 0 aliphatic carbocycles. The first kappa shape index (κ1) is 17.6. The lowest BCUT2D eigenvalue weighted by molar-refractivity contribution is -0.186. The standard InChI is InChI=1S/C14H18O6/c1-4-7-13(8-5-2,10(15)16)14(9-6-3,11(17)18)12(19)20/h4-6H,1-3,7-9H2,(H,15,16)(H,17,18)(H,19,20). The summed E-state index contributed by atoms with van der Waals surface area (Å²) in [4.78, 5) is 34.9. The van der Waals surface area contributed by atoms with Crippen LogP contribution in [0.5, 0.6) is 0 Å². The fourth-order valence-electron chi connectivity index (χ4n) is 2.37. The Bertz CT molecular complexity index is 425. The lowest BCUT2D eigenvalue weighted by Crippen LogP contribution is -2.56. The second-order valence-corrected chi connectivity index (χ2v) is 4.38. The van der Waals surface area contributed by atoms with Crippen LogP contribution in [0.1, 0.15) is 19.3 Å². The van der Waals surface area contributed by atoms with E-state index in [0.29, 0.717) is 0 Å². The van der Waals surface area contributed by atoms with E-state index in [0.717, 1.165) is 6.08 Å². The zero-order chi connectivity index (χ0) is 16.0. The van der Waals surface area contributed by atoms with Crippen molar-refractivity contribution in [1.29, 1.82) is 0 Å². The zero-order valence-corrected chi connectivity index (χ0v) is 11.0. The van der Waals surface area contributed by atoms with E-state index < -0.39 is 35.2 Å². The largest absolute Gasteiger partial charge is 0.481 e. The van der Waals surface area contributed by atoms with Gasteiger partial charge in [-0.25, -0.2) is 0 Å². The fourth-order valence-corrected chi connectivity index (χ4v) is 2.37. The smallest absolute Gasteiger partial charge is 0.322 e. The maximum atomic E-state index is 11.7. The second-order valence-electron chi connectivity index (χ2n) is 4.38. The van der Waals surface area contributed by atoms with E-state index in [1.807, 2.05) is 0 Å². The molecule has 0 saturated carbocycles. The number of carboxylic acids is 3. The zero-order valence-electron chi connectivity index (χ0n) is 11.0. The number of allylic oxidation sites excluding steroid dienone is 3. The van der Waals surface area contributed by atoms with Crippen LogP contribution in [0.3, 0.4) is 0 Å². The SMILES string of the molecule is C=CCC(CC=C)(C(=O)O)C(CC=C)(C(=O)O)C(=O)O. The molecule has 0 aliphatic heterocycles. The lowest BCUT2D eigenvalue weighted by atomic mass is 9.58. The normalized spacial score (nSPS) is 11.4. The number of carboxylic acid groups (broad SMARTS) is 3. The van der Waals surface area contributed by atoms with Crippen molar-refractivity contribution in [2.75, 3.05) is 0 Å². The topological polar surface area (TPSA) is 112 Å². The molecule has 0 fully saturated rings. The van der Waals surface area contributed by atoms with Crippen LogP contribution in [0.4, 0.5) is 0 Å². The molecule has 0 bridgehead atoms. The van der Waals surface area contributed by atoms with Gasteiger partial charge < -0.3 is 15.3 Å². The van der Waals surface area contributed by atoms with Gasteiger partial charge in [0.1, 0.15) is 5.41 Å². The minimum Gasteiger partial charge on any atom is -0.481 e. The van der Waals surface area contributed by atoms with Crippen molar-refractivity contribution in [3.05, 3.63) is 38.0 Å². The highest BCUT2D eigenvalue weighted by molar-refractivity contribution is 6.04. The number of hydrogen-bond donors (Lipinski definition) is 3. The average Bonchev–Trinajstić information content (AvgIpc) is 2.34. The van der Waals surface area contributed by atoms with Crippen LogP contribution >= 0.6 is 0 Å². The first-order valence-corrected chi connectivity index (χ1v) is 5.79. The van der Waals surface area contributed by atoms with Gasteiger partial charge in [-0.05, 0) is 19.3 Å². The predicted molar refractivity (Wildman–Crippen MR) is 72.2 cm³/mol. The van der Waals surface area contributed by atoms with Gasteiger partial charge in [-0.15, -0.1) is 19.7 Å². The molecular formula is C14H18O6. The molecule has 20 heavy (non-hydrogen) atoms. The number of hydrogen-bond acceptors (Lipinski definition) is 3. The molecule has 0 aromatic carbocycles. The quantitative estimate of drug-likeness (QED) is 0.417. The Morgan fingerprint density at radius 1 is 0.750 bits per heavy atom. The van der Waals surface area contributed by atoms with Crippen molar-refractivity contribution in [3.8, 4) is 0 Å². The highest BCUT2D eigenvalue weighted by Crippen LogP contribution is 2.49. The van der Waals surface area contributed by atoms with Crippen molar-refractivity contribution in [2.45, 2.75) is 19.3 Å². The van der Waals surface area contributed by atoms with Gasteiger partial charge in [0.05, 0.1) is 0 Å². The molecule has 3 N–H and O–H groups in total. The Morgan fingerprint density at radius 3 is 1.30 bits per heavy atom. The van der Waals surface area contributed by atoms with E-state index in [1.165, 1.54) is 12.2 Å². The van der Waals surface area contributed by atoms with Crippen LogP contribution in [0.2, 0.25) is 0 Å². The summed E-state index contributed by atoms with van der Waals surface area (Å²) in [7, 11) is 0. The number of carbonyl (C=O) groups is 3. The molecule has 6 heteroatoms. The van der Waals surface area contributed by atoms with Crippen LogP contribution in [0, 0.1) is 10.8 Å². The van der Waals surface area contributed by atoms with Crippen molar-refractivity contribution in [3.63, 3.8) is 0 Å². The molecule has 0 rings (SSSR count). The first-order chi connectivity index (χ1) is 9.26. The summed E-state index contributed by atoms with van der Waals surface area (Å²) in [5.41, 5.74) is -4.62. The summed E-state index contributed by atoms with van der Waals surface area (Å²) < 4.78 is 0. The Balaban J connectivity index is 6.51. The molecule has 0 spiro atoms. The molecule has 0 radical (unpaired) electrons. The van der Waals surface area contributed by atoms with Gasteiger partial charge in [-0.1, -0.05) is 18.2 Å². The van der Waals surface area contributed by atoms with Gasteiger partial charge in [0.25, 0.3) is 0 Å². The van der Waals surface area contributed by atoms with Gasteiger partial charge in [0.2, 0.25) is 0 Å². The third-order valence-corrected chi connectivity index (χ3v) is 3.39. The van der Waals surface area contributed by atoms with E-state index in [1.54, 1.807) is 0 Å². The summed E-state index contributed by atoms with van der Waals surface area (Å²) in [6.07, 6.45) is 2.32. The third kappa shape index (κ3) is 2.49. The van der Waals surface area contributed by atoms with Gasteiger partial charge in [-0.3, -0.25) is 14.4 Å². The lowest BCUT2D eigenvalue weighted by Gasteiger charge is -2.40. The van der Waals surface area contributed by atoms with Gasteiger partial charge >= 0.3 is 17.9 Å². The molecule has 0 unspecified atom stereocenters. The molecule has 0 aromatic heterocycles. The predicted octanol–water partition coefficient (Wildman–Crippen LogP) is 1.94. The monoisotopic (exact) mass is 282 g/mol. The van der Waals surface area contributed by atoms with Gasteiger partial charge in [0, 0.05) is 0 Å². The molecule has 0 aliphatic rings. The Kier molecular flexibility index (Phi) is 5.90. The summed E-state index contributed by atoms with van der Waals surface area (Å²) >= 11 is 0. The van der Waals surface area contributed by atoms with Crippen molar-refractivity contribution in [1.82, 2.24) is 0 Å². The van der Waals surface area contributed by atoms with Crippen molar-refractivity contribution >= 4 is 17.9 Å². The number of aliphatic carboxylic acids is 3. The summed E-state index contributed by atoms with van der Waals surface area (Å²) in [5.74, 6) is -4.98. The van der Waals surface area contributed by atoms with E-state index in [-0.39, 0.29) is 12.8 Å². The summed E-state index contributed by atoms with van der Waals surface area (Å²) in [6, 6.07) is 0. The van der Waals surface area contributed by atoms with E-state index in [2.05, 4.69) is 19.7 Å². The molecule has 0 aromatic rings. The molecule has 110 valence electrons. The van der Waals surface area contributed by atoms with Crippen molar-refractivity contribution in [2.24, 2.45) is 10.8 Å². The highest BCUT2D eigenvalue weighted by Gasteiger charge is 2.64. The van der Waals surface area contributed by atoms with E-state index >= 15 is 0 Å². The second kappa shape index (κ2) is 6.70. The number of rotatable bonds is 10. The molecular weight excluding hydrogens is 264 g/mol. The maximum Gasteiger partial charge on any atom is 0.322 e. The molecule has 6 nitrogen and oxygen atoms in total. The van der Waals surface area contributed by atoms with Crippen LogP contribution in [-0.2, 0) is 14.4 Å². The minimum atomic E-state index is -2.54. The van der Waals surface area contributed by atoms with Crippen LogP contribution in [0.25, 0.3) is 0 Å². The van der Waals surface area contributed by atoms with Gasteiger partial charge in [0.15, 0.2) is 5.41 Å². The average molecular weight is 282 g/mol. The summed E-state index contributed by atoms with van der Waals surface area (Å²) in [6.45, 7) is 10.1.